The quantitative estimate of drug-likeness (QED) is 0.293. The highest BCUT2D eigenvalue weighted by molar-refractivity contribution is 5.60. The van der Waals surface area contributed by atoms with Gasteiger partial charge in [0, 0.05) is 0 Å². The Morgan fingerprint density at radius 1 is 1.83 bits per heavy atom. The van der Waals surface area contributed by atoms with Gasteiger partial charge in [0.1, 0.15) is 6.54 Å². The third-order valence-electron chi connectivity index (χ3n) is 0.660. The van der Waals surface area contributed by atoms with Crippen molar-refractivity contribution in [3.05, 3.63) is 5.21 Å². The largest absolute Gasteiger partial charge is 0.575 e. The van der Waals surface area contributed by atoms with Crippen LogP contribution in [0.2, 0.25) is 0 Å². The highest BCUT2D eigenvalue weighted by atomic mass is 16.5. The lowest BCUT2D eigenvalue weighted by molar-refractivity contribution is 0.786. The van der Waals surface area contributed by atoms with E-state index < -0.39 is 0 Å². The maximum Gasteiger partial charge on any atom is 0.235 e. The van der Waals surface area contributed by atoms with E-state index in [4.69, 9.17) is 0 Å². The van der Waals surface area contributed by atoms with Gasteiger partial charge in [-0.25, -0.2) is 4.99 Å². The summed E-state index contributed by atoms with van der Waals surface area (Å²) in [5.74, 6) is 0. The molecule has 0 bridgehead atoms. The van der Waals surface area contributed by atoms with Crippen LogP contribution in [0.15, 0.2) is 4.99 Å². The zero-order chi connectivity index (χ0) is 4.41. The fourth-order valence-corrected chi connectivity index (χ4v) is 0.363. The molecule has 0 saturated carbocycles. The molecule has 0 aromatic heterocycles. The molecule has 1 heterocycles. The number of aliphatic imine (C=N–C) groups is 1. The van der Waals surface area contributed by atoms with Gasteiger partial charge in [-0.1, -0.05) is 0 Å². The first kappa shape index (κ1) is 3.77. The molecule has 1 aliphatic heterocycles. The van der Waals surface area contributed by atoms with E-state index in [9.17, 15) is 5.21 Å². The van der Waals surface area contributed by atoms with Gasteiger partial charge in [0.15, 0.2) is 0 Å². The van der Waals surface area contributed by atoms with E-state index in [2.05, 4.69) is 4.99 Å². The van der Waals surface area contributed by atoms with E-state index in [0.717, 1.165) is 5.06 Å². The van der Waals surface area contributed by atoms with E-state index in [1.54, 1.807) is 0 Å². The molecule has 1 radical (unpaired) electrons. The summed E-state index contributed by atoms with van der Waals surface area (Å²) in [5, 5.41) is 10.8. The first-order valence-corrected chi connectivity index (χ1v) is 1.83. The predicted octanol–water partition coefficient (Wildman–Crippen LogP) is -0.334. The van der Waals surface area contributed by atoms with Crippen LogP contribution in [0.25, 0.3) is 0 Å². The van der Waals surface area contributed by atoms with Crippen LogP contribution in [0, 0.1) is 5.21 Å². The number of hydrogen-bond donors (Lipinski definition) is 0. The van der Waals surface area contributed by atoms with Crippen molar-refractivity contribution in [2.75, 3.05) is 13.1 Å². The molecule has 3 heteroatoms. The van der Waals surface area contributed by atoms with Gasteiger partial charge in [-0.05, 0) is 0 Å². The van der Waals surface area contributed by atoms with E-state index in [1.807, 2.05) is 0 Å². The van der Waals surface area contributed by atoms with Gasteiger partial charge in [-0.2, -0.15) is 5.06 Å². The maximum atomic E-state index is 10.0. The molecule has 0 aliphatic carbocycles. The minimum atomic E-state index is 0.542. The van der Waals surface area contributed by atoms with E-state index in [1.165, 1.54) is 6.34 Å². The zero-order valence-electron chi connectivity index (χ0n) is 3.29. The standard InChI is InChI=1S/C3H5N2O/c6-5-2-1-4-3-5/h3H,1-2H2. The van der Waals surface area contributed by atoms with Crippen molar-refractivity contribution >= 4 is 6.34 Å². The number of hydrogen-bond acceptors (Lipinski definition) is 3. The topological polar surface area (TPSA) is 41.3 Å². The summed E-state index contributed by atoms with van der Waals surface area (Å²) in [7, 11) is 0. The van der Waals surface area contributed by atoms with Crippen molar-refractivity contribution in [3.8, 4) is 0 Å². The molecule has 0 N–H and O–H groups in total. The Balaban J connectivity index is 2.38. The first-order valence-electron chi connectivity index (χ1n) is 1.83. The molecule has 1 aliphatic rings. The zero-order valence-corrected chi connectivity index (χ0v) is 3.29. The molecular formula is C3H5N2O. The van der Waals surface area contributed by atoms with Crippen molar-refractivity contribution < 1.29 is 0 Å². The Labute approximate surface area is 35.9 Å². The van der Waals surface area contributed by atoms with Gasteiger partial charge in [0.05, 0.1) is 6.54 Å². The summed E-state index contributed by atoms with van der Waals surface area (Å²) >= 11 is 0. The Bertz CT molecular complexity index is 71.2. The highest BCUT2D eigenvalue weighted by Gasteiger charge is 2.02. The normalized spacial score (nSPS) is 22.8. The predicted molar refractivity (Wildman–Crippen MR) is 23.7 cm³/mol. The lowest BCUT2D eigenvalue weighted by atomic mass is 10.7. The van der Waals surface area contributed by atoms with E-state index in [0.29, 0.717) is 13.1 Å². The summed E-state index contributed by atoms with van der Waals surface area (Å²) in [4.78, 5) is 3.65. The van der Waals surface area contributed by atoms with Crippen molar-refractivity contribution in [3.63, 3.8) is 0 Å². The van der Waals surface area contributed by atoms with Crippen LogP contribution in [0.4, 0.5) is 0 Å². The Morgan fingerprint density at radius 3 is 2.83 bits per heavy atom. The van der Waals surface area contributed by atoms with Gasteiger partial charge in [0.25, 0.3) is 0 Å². The molecule has 0 unspecified atom stereocenters. The molecule has 6 heavy (non-hydrogen) atoms. The molecule has 0 aromatic rings. The summed E-state index contributed by atoms with van der Waals surface area (Å²) in [6.07, 6.45) is 1.31. The van der Waals surface area contributed by atoms with Crippen LogP contribution in [0.3, 0.4) is 0 Å². The van der Waals surface area contributed by atoms with Crippen LogP contribution in [-0.2, 0) is 0 Å². The number of hydroxylamine groups is 2. The van der Waals surface area contributed by atoms with Gasteiger partial charge < -0.3 is 5.21 Å². The van der Waals surface area contributed by atoms with Crippen LogP contribution >= 0.6 is 0 Å². The molecule has 3 nitrogen and oxygen atoms in total. The highest BCUT2D eigenvalue weighted by Crippen LogP contribution is 1.82. The molecule has 0 saturated heterocycles. The molecule has 0 amide bonds. The lowest BCUT2D eigenvalue weighted by Gasteiger charge is -1.95. The van der Waals surface area contributed by atoms with Crippen molar-refractivity contribution in [1.29, 1.82) is 0 Å². The first-order chi connectivity index (χ1) is 2.89. The second-order valence-corrected chi connectivity index (χ2v) is 1.16. The maximum absolute atomic E-state index is 10.0. The van der Waals surface area contributed by atoms with Crippen LogP contribution in [-0.4, -0.2) is 19.4 Å². The van der Waals surface area contributed by atoms with Gasteiger partial charge in [-0.3, -0.25) is 0 Å². The molecule has 0 spiro atoms. The second-order valence-electron chi connectivity index (χ2n) is 1.16. The van der Waals surface area contributed by atoms with Crippen LogP contribution < -0.4 is 5.06 Å². The fraction of sp³-hybridized carbons (Fsp3) is 0.667. The van der Waals surface area contributed by atoms with E-state index in [-0.39, 0.29) is 0 Å². The Kier molecular flexibility index (Phi) is 0.856. The second kappa shape index (κ2) is 1.36. The van der Waals surface area contributed by atoms with Gasteiger partial charge in [0.2, 0.25) is 6.34 Å². The molecule has 1 rings (SSSR count). The fourth-order valence-electron chi connectivity index (χ4n) is 0.363. The summed E-state index contributed by atoms with van der Waals surface area (Å²) in [6.45, 7) is 1.21. The van der Waals surface area contributed by atoms with Crippen LogP contribution in [0.5, 0.6) is 0 Å². The minimum Gasteiger partial charge on any atom is -0.575 e. The summed E-state index contributed by atoms with van der Waals surface area (Å²) in [6, 6.07) is 0. The average Bonchev–Trinajstić information content (AvgIpc) is 1.86. The minimum absolute atomic E-state index is 0.542. The third kappa shape index (κ3) is 0.555. The number of rotatable bonds is 0. The van der Waals surface area contributed by atoms with Gasteiger partial charge in [-0.15, -0.1) is 0 Å². The third-order valence-corrected chi connectivity index (χ3v) is 0.660. The molecule has 0 fully saturated rings. The lowest BCUT2D eigenvalue weighted by Crippen LogP contribution is -2.16. The number of nitrogens with zero attached hydrogens (tertiary/aromatic N) is 2. The molecule has 0 aromatic carbocycles. The average molecular weight is 85.1 g/mol. The Hall–Kier alpha value is -0.410. The van der Waals surface area contributed by atoms with Crippen molar-refractivity contribution in [2.45, 2.75) is 0 Å². The van der Waals surface area contributed by atoms with Crippen molar-refractivity contribution in [1.82, 2.24) is 5.06 Å². The molecule has 0 atom stereocenters. The smallest absolute Gasteiger partial charge is 0.235 e. The monoisotopic (exact) mass is 85.0 g/mol. The SMILES string of the molecule is [O-][N+]1C=NCC1. The summed E-state index contributed by atoms with van der Waals surface area (Å²) < 4.78 is 0. The molecular weight excluding hydrogens is 80.0 g/mol. The molecule has 33 valence electrons. The van der Waals surface area contributed by atoms with Crippen molar-refractivity contribution in [2.24, 2.45) is 4.99 Å². The summed E-state index contributed by atoms with van der Waals surface area (Å²) in [5.41, 5.74) is 0. The van der Waals surface area contributed by atoms with Crippen LogP contribution in [0.1, 0.15) is 0 Å². The van der Waals surface area contributed by atoms with Gasteiger partial charge >= 0.3 is 0 Å². The Morgan fingerprint density at radius 2 is 2.67 bits per heavy atom. The van der Waals surface area contributed by atoms with E-state index >= 15 is 0 Å².